The Morgan fingerprint density at radius 2 is 1.85 bits per heavy atom. The maximum atomic E-state index is 12.2. The average molecular weight is 289 g/mol. The lowest BCUT2D eigenvalue weighted by molar-refractivity contribution is 0.00376. The van der Waals surface area contributed by atoms with E-state index >= 15 is 0 Å². The number of aliphatic hydroxyl groups excluding tert-OH is 1. The molecule has 2 heterocycles. The molecule has 8 nitrogen and oxygen atoms in total. The van der Waals surface area contributed by atoms with Crippen molar-refractivity contribution >= 4 is 17.8 Å². The van der Waals surface area contributed by atoms with Gasteiger partial charge in [0.2, 0.25) is 17.8 Å². The van der Waals surface area contributed by atoms with Crippen LogP contribution in [0.3, 0.4) is 0 Å². The van der Waals surface area contributed by atoms with Crippen LogP contribution in [0, 0.1) is 0 Å². The van der Waals surface area contributed by atoms with Crippen molar-refractivity contribution in [3.63, 3.8) is 0 Å². The lowest BCUT2D eigenvalue weighted by atomic mass is 10.4. The highest BCUT2D eigenvalue weighted by Gasteiger charge is 2.19. The predicted octanol–water partition coefficient (Wildman–Crippen LogP) is -0.205. The van der Waals surface area contributed by atoms with Gasteiger partial charge in [-0.3, -0.25) is 5.43 Å². The molecule has 10 heteroatoms. The first kappa shape index (κ1) is 14.6. The van der Waals surface area contributed by atoms with Crippen LogP contribution in [0.25, 0.3) is 0 Å². The van der Waals surface area contributed by atoms with Gasteiger partial charge in [0, 0.05) is 19.6 Å². The number of alkyl halides is 2. The number of anilines is 3. The van der Waals surface area contributed by atoms with Crippen molar-refractivity contribution in [3.8, 4) is 0 Å². The number of hydrogen-bond acceptors (Lipinski definition) is 8. The highest BCUT2D eigenvalue weighted by Crippen LogP contribution is 2.18. The van der Waals surface area contributed by atoms with E-state index in [0.29, 0.717) is 5.95 Å². The van der Waals surface area contributed by atoms with Crippen LogP contribution >= 0.6 is 0 Å². The minimum Gasteiger partial charge on any atom is -0.385 e. The molecule has 1 aromatic rings. The van der Waals surface area contributed by atoms with Crippen molar-refractivity contribution in [1.29, 1.82) is 0 Å². The summed E-state index contributed by atoms with van der Waals surface area (Å²) in [7, 11) is 0. The number of nitrogen functional groups attached to an aromatic ring is 1. The van der Waals surface area contributed by atoms with Crippen molar-refractivity contribution in [1.82, 2.24) is 15.0 Å². The second-order valence-corrected chi connectivity index (χ2v) is 4.40. The molecule has 1 atom stereocenters. The van der Waals surface area contributed by atoms with Crippen LogP contribution in [0.5, 0.6) is 0 Å². The van der Waals surface area contributed by atoms with E-state index in [1.165, 1.54) is 0 Å². The summed E-state index contributed by atoms with van der Waals surface area (Å²) in [6.07, 6.45) is -2.51. The number of aromatic nitrogens is 3. The molecule has 1 aliphatic heterocycles. The molecule has 1 aromatic heterocycles. The molecule has 1 unspecified atom stereocenters. The Kier molecular flexibility index (Phi) is 4.79. The fraction of sp³-hybridized carbons (Fsp3) is 0.700. The van der Waals surface area contributed by atoms with E-state index < -0.39 is 12.5 Å². The number of rotatable bonds is 6. The molecule has 0 bridgehead atoms. The number of hydrogen-bond donors (Lipinski definition) is 4. The van der Waals surface area contributed by atoms with Crippen LogP contribution < -0.4 is 21.5 Å². The van der Waals surface area contributed by atoms with Crippen LogP contribution in [0.4, 0.5) is 26.6 Å². The van der Waals surface area contributed by atoms with Crippen molar-refractivity contribution in [2.45, 2.75) is 25.4 Å². The molecule has 0 aromatic carbocycles. The van der Waals surface area contributed by atoms with Crippen LogP contribution in [0.1, 0.15) is 12.8 Å². The normalized spacial score (nSPS) is 16.6. The second kappa shape index (κ2) is 6.57. The minimum atomic E-state index is -2.82. The molecular weight excluding hydrogens is 272 g/mol. The van der Waals surface area contributed by atoms with Crippen LogP contribution in [0.15, 0.2) is 0 Å². The minimum absolute atomic E-state index is 0.0922. The Balaban J connectivity index is 2.09. The Bertz CT molecular complexity index is 442. The van der Waals surface area contributed by atoms with E-state index in [9.17, 15) is 8.78 Å². The number of hydrazine groups is 1. The molecule has 0 spiro atoms. The third kappa shape index (κ3) is 3.61. The zero-order chi connectivity index (χ0) is 14.5. The van der Waals surface area contributed by atoms with Gasteiger partial charge in [-0.15, -0.1) is 0 Å². The highest BCUT2D eigenvalue weighted by molar-refractivity contribution is 5.43. The van der Waals surface area contributed by atoms with Gasteiger partial charge in [-0.05, 0) is 12.8 Å². The first-order valence-electron chi connectivity index (χ1n) is 6.28. The molecule has 2 rings (SSSR count). The smallest absolute Gasteiger partial charge is 0.265 e. The van der Waals surface area contributed by atoms with Gasteiger partial charge in [-0.2, -0.15) is 15.0 Å². The van der Waals surface area contributed by atoms with Crippen LogP contribution in [0.2, 0.25) is 0 Å². The summed E-state index contributed by atoms with van der Waals surface area (Å²) in [5.41, 5.74) is 2.30. The van der Waals surface area contributed by atoms with Gasteiger partial charge in [-0.25, -0.2) is 14.6 Å². The number of nitrogens with zero attached hydrogens (tertiary/aromatic N) is 4. The van der Waals surface area contributed by atoms with Gasteiger partial charge in [0.05, 0.1) is 0 Å². The zero-order valence-electron chi connectivity index (χ0n) is 10.8. The SMILES string of the molecule is NNc1nc(NCC(O)C(F)F)nc(N2CCCC2)n1. The highest BCUT2D eigenvalue weighted by atomic mass is 19.3. The monoisotopic (exact) mass is 289 g/mol. The molecule has 1 saturated heterocycles. The molecule has 5 N–H and O–H groups in total. The quantitative estimate of drug-likeness (QED) is 0.420. The summed E-state index contributed by atoms with van der Waals surface area (Å²) in [5, 5.41) is 11.6. The predicted molar refractivity (Wildman–Crippen MR) is 69.6 cm³/mol. The van der Waals surface area contributed by atoms with E-state index in [1.54, 1.807) is 0 Å². The number of halogens is 2. The molecule has 0 amide bonds. The topological polar surface area (TPSA) is 112 Å². The Morgan fingerprint density at radius 1 is 1.20 bits per heavy atom. The molecule has 1 fully saturated rings. The van der Waals surface area contributed by atoms with Gasteiger partial charge in [0.15, 0.2) is 0 Å². The average Bonchev–Trinajstić information content (AvgIpc) is 2.98. The summed E-state index contributed by atoms with van der Waals surface area (Å²) in [4.78, 5) is 14.1. The van der Waals surface area contributed by atoms with Gasteiger partial charge in [0.25, 0.3) is 6.43 Å². The second-order valence-electron chi connectivity index (χ2n) is 4.40. The molecule has 1 aliphatic rings. The Morgan fingerprint density at radius 3 is 2.45 bits per heavy atom. The third-order valence-electron chi connectivity index (χ3n) is 2.90. The molecule has 0 radical (unpaired) electrons. The maximum Gasteiger partial charge on any atom is 0.265 e. The van der Waals surface area contributed by atoms with E-state index in [1.807, 2.05) is 4.90 Å². The van der Waals surface area contributed by atoms with Crippen molar-refractivity contribution in [2.24, 2.45) is 5.84 Å². The first-order valence-corrected chi connectivity index (χ1v) is 6.28. The van der Waals surface area contributed by atoms with Gasteiger partial charge in [-0.1, -0.05) is 0 Å². The molecule has 112 valence electrons. The van der Waals surface area contributed by atoms with Gasteiger partial charge < -0.3 is 15.3 Å². The summed E-state index contributed by atoms with van der Waals surface area (Å²) in [6.45, 7) is 1.30. The van der Waals surface area contributed by atoms with E-state index in [0.717, 1.165) is 25.9 Å². The maximum absolute atomic E-state index is 12.2. The van der Waals surface area contributed by atoms with E-state index in [4.69, 9.17) is 10.9 Å². The van der Waals surface area contributed by atoms with Crippen LogP contribution in [-0.2, 0) is 0 Å². The van der Waals surface area contributed by atoms with Gasteiger partial charge in [0.1, 0.15) is 6.10 Å². The first-order chi connectivity index (χ1) is 9.60. The lowest BCUT2D eigenvalue weighted by Gasteiger charge is -2.17. The van der Waals surface area contributed by atoms with Crippen molar-refractivity contribution in [2.75, 3.05) is 35.3 Å². The third-order valence-corrected chi connectivity index (χ3v) is 2.90. The number of nitrogens with two attached hydrogens (primary N) is 1. The fourth-order valence-corrected chi connectivity index (χ4v) is 1.85. The van der Waals surface area contributed by atoms with Crippen molar-refractivity contribution < 1.29 is 13.9 Å². The zero-order valence-corrected chi connectivity index (χ0v) is 10.8. The molecule has 0 saturated carbocycles. The summed E-state index contributed by atoms with van der Waals surface area (Å²) in [6, 6.07) is 0. The summed E-state index contributed by atoms with van der Waals surface area (Å²) < 4.78 is 24.4. The van der Waals surface area contributed by atoms with Gasteiger partial charge >= 0.3 is 0 Å². The van der Waals surface area contributed by atoms with Crippen LogP contribution in [-0.4, -0.2) is 52.2 Å². The Labute approximate surface area is 114 Å². The largest absolute Gasteiger partial charge is 0.385 e. The number of nitrogens with one attached hydrogen (secondary N) is 2. The molecule has 0 aliphatic carbocycles. The lowest BCUT2D eigenvalue weighted by Crippen LogP contribution is -2.28. The molecular formula is C10H17F2N7O. The van der Waals surface area contributed by atoms with E-state index in [-0.39, 0.29) is 18.4 Å². The standard InChI is InChI=1S/C10H17F2N7O/c11-7(12)6(20)5-14-8-15-9(18-13)17-10(16-8)19-3-1-2-4-19/h6-7,20H,1-5,13H2,(H2,14,15,16,17,18). The number of aliphatic hydroxyl groups is 1. The Hall–Kier alpha value is -1.81. The fourth-order valence-electron chi connectivity index (χ4n) is 1.85. The van der Waals surface area contributed by atoms with Crippen molar-refractivity contribution in [3.05, 3.63) is 0 Å². The molecule has 20 heavy (non-hydrogen) atoms. The summed E-state index contributed by atoms with van der Waals surface area (Å²) in [5.74, 6) is 5.93. The van der Waals surface area contributed by atoms with E-state index in [2.05, 4.69) is 25.7 Å². The summed E-state index contributed by atoms with van der Waals surface area (Å²) >= 11 is 0.